The van der Waals surface area contributed by atoms with Crippen LogP contribution in [-0.2, 0) is 6.54 Å². The molecule has 0 amide bonds. The lowest BCUT2D eigenvalue weighted by Gasteiger charge is -2.06. The van der Waals surface area contributed by atoms with Crippen molar-refractivity contribution >= 4 is 17.3 Å². The van der Waals surface area contributed by atoms with E-state index in [0.29, 0.717) is 18.7 Å². The van der Waals surface area contributed by atoms with Crippen LogP contribution in [0, 0.1) is 0 Å². The highest BCUT2D eigenvalue weighted by Gasteiger charge is 2.05. The van der Waals surface area contributed by atoms with E-state index in [1.807, 2.05) is 30.3 Å². The van der Waals surface area contributed by atoms with Crippen molar-refractivity contribution in [3.63, 3.8) is 0 Å². The van der Waals surface area contributed by atoms with Gasteiger partial charge in [-0.15, -0.1) is 11.3 Å². The fraction of sp³-hybridized carbons (Fsp3) is 0.267. The monoisotopic (exact) mass is 291 g/mol. The van der Waals surface area contributed by atoms with Crippen LogP contribution in [0.4, 0.5) is 0 Å². The van der Waals surface area contributed by atoms with Gasteiger partial charge in [0.05, 0.1) is 12.2 Å². The smallest absolute Gasteiger partial charge is 0.336 e. The molecule has 0 fully saturated rings. The van der Waals surface area contributed by atoms with Gasteiger partial charge in [-0.25, -0.2) is 4.79 Å². The number of rotatable bonds is 8. The number of hydrogen-bond acceptors (Lipinski definition) is 4. The van der Waals surface area contributed by atoms with Crippen LogP contribution in [0.5, 0.6) is 5.75 Å². The zero-order chi connectivity index (χ0) is 14.2. The summed E-state index contributed by atoms with van der Waals surface area (Å²) in [5, 5.41) is 13.8. The molecule has 4 nitrogen and oxygen atoms in total. The lowest BCUT2D eigenvalue weighted by atomic mass is 10.3. The first-order valence-corrected chi connectivity index (χ1v) is 7.33. The molecule has 0 saturated carbocycles. The Kier molecular flexibility index (Phi) is 5.58. The van der Waals surface area contributed by atoms with Gasteiger partial charge >= 0.3 is 5.97 Å². The standard InChI is InChI=1S/C15H17NO3S/c17-15(18)12-9-14(20-11-12)10-16-7-4-8-19-13-5-2-1-3-6-13/h1-3,5-6,9,11,16H,4,7-8,10H2,(H,17,18). The minimum Gasteiger partial charge on any atom is -0.494 e. The van der Waals surface area contributed by atoms with Crippen LogP contribution in [0.25, 0.3) is 0 Å². The van der Waals surface area contributed by atoms with Crippen LogP contribution in [0.1, 0.15) is 21.7 Å². The molecular formula is C15H17NO3S. The van der Waals surface area contributed by atoms with Crippen LogP contribution >= 0.6 is 11.3 Å². The van der Waals surface area contributed by atoms with Crippen molar-refractivity contribution in [3.8, 4) is 5.75 Å². The molecule has 1 heterocycles. The lowest BCUT2D eigenvalue weighted by Crippen LogP contribution is -2.16. The van der Waals surface area contributed by atoms with Crippen molar-refractivity contribution in [1.82, 2.24) is 5.32 Å². The number of hydrogen-bond donors (Lipinski definition) is 2. The minimum absolute atomic E-state index is 0.360. The van der Waals surface area contributed by atoms with E-state index in [4.69, 9.17) is 9.84 Å². The Morgan fingerprint density at radius 1 is 1.30 bits per heavy atom. The molecule has 0 aliphatic carbocycles. The first kappa shape index (κ1) is 14.6. The summed E-state index contributed by atoms with van der Waals surface area (Å²) in [4.78, 5) is 11.8. The Morgan fingerprint density at radius 2 is 2.10 bits per heavy atom. The number of thiophene rings is 1. The Bertz CT molecular complexity index is 539. The van der Waals surface area contributed by atoms with E-state index in [1.165, 1.54) is 11.3 Å². The highest BCUT2D eigenvalue weighted by atomic mass is 32.1. The molecule has 1 aromatic heterocycles. The average Bonchev–Trinajstić information content (AvgIpc) is 2.93. The fourth-order valence-electron chi connectivity index (χ4n) is 1.70. The summed E-state index contributed by atoms with van der Waals surface area (Å²) in [6.07, 6.45) is 0.909. The number of ether oxygens (including phenoxy) is 1. The quantitative estimate of drug-likeness (QED) is 0.734. The molecule has 5 heteroatoms. The Balaban J connectivity index is 1.58. The molecule has 0 radical (unpaired) electrons. The highest BCUT2D eigenvalue weighted by molar-refractivity contribution is 7.10. The summed E-state index contributed by atoms with van der Waals surface area (Å²) in [5.74, 6) is 0.0145. The van der Waals surface area contributed by atoms with Gasteiger partial charge in [-0.1, -0.05) is 18.2 Å². The highest BCUT2D eigenvalue weighted by Crippen LogP contribution is 2.14. The van der Waals surface area contributed by atoms with E-state index >= 15 is 0 Å². The van der Waals surface area contributed by atoms with Crippen molar-refractivity contribution < 1.29 is 14.6 Å². The molecule has 106 valence electrons. The predicted molar refractivity (Wildman–Crippen MR) is 79.5 cm³/mol. The van der Waals surface area contributed by atoms with Gasteiger partial charge in [-0.2, -0.15) is 0 Å². The average molecular weight is 291 g/mol. The van der Waals surface area contributed by atoms with Crippen LogP contribution in [-0.4, -0.2) is 24.2 Å². The van der Waals surface area contributed by atoms with E-state index in [-0.39, 0.29) is 0 Å². The van der Waals surface area contributed by atoms with Crippen molar-refractivity contribution in [3.05, 3.63) is 52.2 Å². The number of benzene rings is 1. The van der Waals surface area contributed by atoms with E-state index < -0.39 is 5.97 Å². The second kappa shape index (κ2) is 7.67. The molecule has 0 aliphatic heterocycles. The fourth-order valence-corrected chi connectivity index (χ4v) is 2.53. The van der Waals surface area contributed by atoms with E-state index in [9.17, 15) is 4.79 Å². The third kappa shape index (κ3) is 4.68. The minimum atomic E-state index is -0.872. The van der Waals surface area contributed by atoms with Gasteiger partial charge in [0.15, 0.2) is 0 Å². The topological polar surface area (TPSA) is 58.6 Å². The van der Waals surface area contributed by atoms with Gasteiger partial charge in [-0.05, 0) is 31.2 Å². The third-order valence-electron chi connectivity index (χ3n) is 2.71. The summed E-state index contributed by atoms with van der Waals surface area (Å²) in [6, 6.07) is 11.4. The second-order valence-electron chi connectivity index (χ2n) is 4.30. The molecule has 2 N–H and O–H groups in total. The molecule has 0 spiro atoms. The summed E-state index contributed by atoms with van der Waals surface area (Å²) < 4.78 is 5.58. The van der Waals surface area contributed by atoms with Crippen molar-refractivity contribution in [2.45, 2.75) is 13.0 Å². The SMILES string of the molecule is O=C(O)c1csc(CNCCCOc2ccccc2)c1. The molecular weight excluding hydrogens is 274 g/mol. The third-order valence-corrected chi connectivity index (χ3v) is 3.65. The molecule has 2 aromatic rings. The van der Waals surface area contributed by atoms with Gasteiger partial charge in [0.25, 0.3) is 0 Å². The van der Waals surface area contributed by atoms with Gasteiger partial charge in [0.2, 0.25) is 0 Å². The Hall–Kier alpha value is -1.85. The Labute approximate surface area is 122 Å². The largest absolute Gasteiger partial charge is 0.494 e. The summed E-state index contributed by atoms with van der Waals surface area (Å²) in [5.41, 5.74) is 0.360. The van der Waals surface area contributed by atoms with Crippen LogP contribution in [0.3, 0.4) is 0 Å². The first-order valence-electron chi connectivity index (χ1n) is 6.45. The van der Waals surface area contributed by atoms with Gasteiger partial charge in [-0.3, -0.25) is 0 Å². The molecule has 20 heavy (non-hydrogen) atoms. The number of para-hydroxylation sites is 1. The van der Waals surface area contributed by atoms with Gasteiger partial charge < -0.3 is 15.2 Å². The number of carboxylic acids is 1. The summed E-state index contributed by atoms with van der Waals surface area (Å²) >= 11 is 1.46. The number of nitrogens with one attached hydrogen (secondary N) is 1. The molecule has 1 aromatic carbocycles. The number of aromatic carboxylic acids is 1. The van der Waals surface area contributed by atoms with Crippen molar-refractivity contribution in [2.75, 3.05) is 13.2 Å². The van der Waals surface area contributed by atoms with Gasteiger partial charge in [0, 0.05) is 16.8 Å². The van der Waals surface area contributed by atoms with Crippen LogP contribution in [0.15, 0.2) is 41.8 Å². The van der Waals surface area contributed by atoms with Gasteiger partial charge in [0.1, 0.15) is 5.75 Å². The molecule has 2 rings (SSSR count). The normalized spacial score (nSPS) is 10.4. The number of carboxylic acid groups (broad SMARTS) is 1. The predicted octanol–water partition coefficient (Wildman–Crippen LogP) is 3.01. The summed E-state index contributed by atoms with van der Waals surface area (Å²) in [7, 11) is 0. The van der Waals surface area contributed by atoms with E-state index in [1.54, 1.807) is 11.4 Å². The maximum Gasteiger partial charge on any atom is 0.336 e. The molecule has 0 unspecified atom stereocenters. The van der Waals surface area contributed by atoms with E-state index in [2.05, 4.69) is 5.32 Å². The van der Waals surface area contributed by atoms with E-state index in [0.717, 1.165) is 23.6 Å². The molecule has 0 atom stereocenters. The lowest BCUT2D eigenvalue weighted by molar-refractivity contribution is 0.0697. The van der Waals surface area contributed by atoms with Crippen LogP contribution in [0.2, 0.25) is 0 Å². The van der Waals surface area contributed by atoms with Crippen LogP contribution < -0.4 is 10.1 Å². The second-order valence-corrected chi connectivity index (χ2v) is 5.29. The maximum absolute atomic E-state index is 10.7. The first-order chi connectivity index (χ1) is 9.75. The van der Waals surface area contributed by atoms with Crippen molar-refractivity contribution in [1.29, 1.82) is 0 Å². The summed E-state index contributed by atoms with van der Waals surface area (Å²) in [6.45, 7) is 2.21. The maximum atomic E-state index is 10.7. The zero-order valence-electron chi connectivity index (χ0n) is 11.0. The zero-order valence-corrected chi connectivity index (χ0v) is 11.9. The van der Waals surface area contributed by atoms with Crippen molar-refractivity contribution in [2.24, 2.45) is 0 Å². The molecule has 0 aliphatic rings. The molecule has 0 bridgehead atoms. The Morgan fingerprint density at radius 3 is 2.80 bits per heavy atom. The number of carbonyl (C=O) groups is 1. The molecule has 0 saturated heterocycles.